The summed E-state index contributed by atoms with van der Waals surface area (Å²) in [5, 5.41) is 2.53. The first-order valence-electron chi connectivity index (χ1n) is 8.59. The normalized spacial score (nSPS) is 10.9. The summed E-state index contributed by atoms with van der Waals surface area (Å²) in [5.74, 6) is 0.0931. The highest BCUT2D eigenvalue weighted by molar-refractivity contribution is 5.94. The van der Waals surface area contributed by atoms with Crippen LogP contribution in [0, 0.1) is 0 Å². The van der Waals surface area contributed by atoms with Crippen molar-refractivity contribution in [3.8, 4) is 17.2 Å². The largest absolute Gasteiger partial charge is 0.493 e. The smallest absolute Gasteiger partial charge is 0.416 e. The number of hydrogen-bond acceptors (Lipinski definition) is 5. The highest BCUT2D eigenvalue weighted by atomic mass is 19.4. The zero-order valence-corrected chi connectivity index (χ0v) is 15.8. The molecule has 0 atom stereocenters. The summed E-state index contributed by atoms with van der Waals surface area (Å²) < 4.78 is 53.7. The Balaban J connectivity index is 1.78. The van der Waals surface area contributed by atoms with E-state index in [9.17, 15) is 22.8 Å². The topological polar surface area (TPSA) is 73.9 Å². The van der Waals surface area contributed by atoms with Crippen molar-refractivity contribution in [1.29, 1.82) is 0 Å². The van der Waals surface area contributed by atoms with Gasteiger partial charge in [-0.2, -0.15) is 13.2 Å². The van der Waals surface area contributed by atoms with Crippen molar-refractivity contribution in [2.45, 2.75) is 13.1 Å². The average molecular weight is 411 g/mol. The molecule has 6 nitrogen and oxygen atoms in total. The van der Waals surface area contributed by atoms with Gasteiger partial charge in [-0.15, -0.1) is 0 Å². The van der Waals surface area contributed by atoms with Crippen molar-refractivity contribution in [2.75, 3.05) is 26.9 Å². The molecule has 0 heterocycles. The van der Waals surface area contributed by atoms with Crippen LogP contribution >= 0.6 is 0 Å². The number of carbonyl (C=O) groups excluding carboxylic acids is 2. The third-order valence-electron chi connectivity index (χ3n) is 3.78. The van der Waals surface area contributed by atoms with Crippen LogP contribution in [0.1, 0.15) is 22.8 Å². The molecular weight excluding hydrogens is 391 g/mol. The molecule has 0 aliphatic heterocycles. The van der Waals surface area contributed by atoms with Gasteiger partial charge in [0.2, 0.25) is 0 Å². The molecule has 2 aromatic rings. The lowest BCUT2D eigenvalue weighted by molar-refractivity contribution is -0.137. The van der Waals surface area contributed by atoms with Crippen LogP contribution in [0.15, 0.2) is 42.5 Å². The van der Waals surface area contributed by atoms with E-state index in [0.717, 1.165) is 12.1 Å². The molecule has 0 aliphatic rings. The molecule has 0 radical (unpaired) electrons. The predicted molar refractivity (Wildman–Crippen MR) is 98.4 cm³/mol. The molecule has 9 heteroatoms. The van der Waals surface area contributed by atoms with Crippen molar-refractivity contribution in [3.05, 3.63) is 53.6 Å². The van der Waals surface area contributed by atoms with Crippen LogP contribution in [0.3, 0.4) is 0 Å². The van der Waals surface area contributed by atoms with Gasteiger partial charge < -0.3 is 19.5 Å². The number of hydrogen-bond donors (Lipinski definition) is 1. The number of amides is 1. The minimum atomic E-state index is -4.45. The monoisotopic (exact) mass is 411 g/mol. The van der Waals surface area contributed by atoms with Gasteiger partial charge in [0.05, 0.1) is 19.2 Å². The number of halogens is 3. The molecule has 0 saturated carbocycles. The van der Waals surface area contributed by atoms with E-state index in [2.05, 4.69) is 5.32 Å². The molecule has 0 aliphatic carbocycles. The van der Waals surface area contributed by atoms with E-state index in [1.807, 2.05) is 0 Å². The van der Waals surface area contributed by atoms with Crippen LogP contribution < -0.4 is 19.5 Å². The van der Waals surface area contributed by atoms with E-state index in [0.29, 0.717) is 17.1 Å². The Bertz CT molecular complexity index is 867. The van der Waals surface area contributed by atoms with Crippen molar-refractivity contribution in [3.63, 3.8) is 0 Å². The maximum atomic E-state index is 12.7. The van der Waals surface area contributed by atoms with Crippen LogP contribution in [-0.2, 0) is 11.0 Å². The Hall–Kier alpha value is -3.23. The Kier molecular flexibility index (Phi) is 7.46. The first-order chi connectivity index (χ1) is 13.7. The van der Waals surface area contributed by atoms with Crippen molar-refractivity contribution in [1.82, 2.24) is 5.32 Å². The first-order valence-corrected chi connectivity index (χ1v) is 8.59. The lowest BCUT2D eigenvalue weighted by Crippen LogP contribution is -2.32. The third kappa shape index (κ3) is 6.70. The van der Waals surface area contributed by atoms with E-state index in [-0.39, 0.29) is 31.3 Å². The van der Waals surface area contributed by atoms with Crippen molar-refractivity contribution < 1.29 is 37.0 Å². The lowest BCUT2D eigenvalue weighted by Gasteiger charge is -2.12. The fourth-order valence-electron chi connectivity index (χ4n) is 2.32. The molecule has 1 N–H and O–H groups in total. The summed E-state index contributed by atoms with van der Waals surface area (Å²) >= 11 is 0. The van der Waals surface area contributed by atoms with Crippen LogP contribution in [0.25, 0.3) is 0 Å². The van der Waals surface area contributed by atoms with Gasteiger partial charge in [-0.05, 0) is 43.3 Å². The highest BCUT2D eigenvalue weighted by Crippen LogP contribution is 2.31. The number of methoxy groups -OCH3 is 1. The number of nitrogens with one attached hydrogen (secondary N) is 1. The number of ether oxygens (including phenoxy) is 3. The molecular formula is C20H20F3NO5. The van der Waals surface area contributed by atoms with Crippen LogP contribution in [0.2, 0.25) is 0 Å². The molecule has 0 bridgehead atoms. The lowest BCUT2D eigenvalue weighted by atomic mass is 10.1. The van der Waals surface area contributed by atoms with E-state index >= 15 is 0 Å². The summed E-state index contributed by atoms with van der Waals surface area (Å²) in [4.78, 5) is 23.2. The zero-order valence-electron chi connectivity index (χ0n) is 15.8. The minimum absolute atomic E-state index is 0.0102. The van der Waals surface area contributed by atoms with Gasteiger partial charge in [0, 0.05) is 5.56 Å². The first kappa shape index (κ1) is 22.1. The maximum absolute atomic E-state index is 12.7. The SMILES string of the molecule is COc1cc(C(C)=O)ccc1OCC(=O)NCCOc1cccc(C(F)(F)F)c1. The molecule has 2 rings (SSSR count). The van der Waals surface area contributed by atoms with E-state index < -0.39 is 17.6 Å². The molecule has 0 aromatic heterocycles. The quantitative estimate of drug-likeness (QED) is 0.505. The number of alkyl halides is 3. The number of rotatable bonds is 9. The second-order valence-corrected chi connectivity index (χ2v) is 5.93. The summed E-state index contributed by atoms with van der Waals surface area (Å²) in [6.07, 6.45) is -4.45. The summed E-state index contributed by atoms with van der Waals surface area (Å²) in [6, 6.07) is 9.08. The maximum Gasteiger partial charge on any atom is 0.416 e. The van der Waals surface area contributed by atoms with Crippen LogP contribution in [0.4, 0.5) is 13.2 Å². The number of Topliss-reactive ketones (excluding diaryl/α,β-unsaturated/α-hetero) is 1. The second-order valence-electron chi connectivity index (χ2n) is 5.93. The Labute approximate surface area is 165 Å². The van der Waals surface area contributed by atoms with Gasteiger partial charge in [0.15, 0.2) is 23.9 Å². The van der Waals surface area contributed by atoms with Crippen LogP contribution in [-0.4, -0.2) is 38.6 Å². The van der Waals surface area contributed by atoms with E-state index in [1.165, 1.54) is 38.3 Å². The van der Waals surface area contributed by atoms with E-state index in [1.54, 1.807) is 6.07 Å². The molecule has 29 heavy (non-hydrogen) atoms. The second kappa shape index (κ2) is 9.81. The van der Waals surface area contributed by atoms with Gasteiger partial charge in [-0.3, -0.25) is 9.59 Å². The Morgan fingerprint density at radius 2 is 1.79 bits per heavy atom. The minimum Gasteiger partial charge on any atom is -0.493 e. The highest BCUT2D eigenvalue weighted by Gasteiger charge is 2.30. The molecule has 156 valence electrons. The molecule has 2 aromatic carbocycles. The van der Waals surface area contributed by atoms with Gasteiger partial charge in [0.25, 0.3) is 5.91 Å². The van der Waals surface area contributed by atoms with Crippen molar-refractivity contribution in [2.24, 2.45) is 0 Å². The molecule has 0 unspecified atom stereocenters. The van der Waals surface area contributed by atoms with Crippen molar-refractivity contribution >= 4 is 11.7 Å². The Morgan fingerprint density at radius 3 is 2.45 bits per heavy atom. The van der Waals surface area contributed by atoms with Gasteiger partial charge in [-0.25, -0.2) is 0 Å². The van der Waals surface area contributed by atoms with Gasteiger partial charge >= 0.3 is 6.18 Å². The van der Waals surface area contributed by atoms with Gasteiger partial charge in [0.1, 0.15) is 12.4 Å². The summed E-state index contributed by atoms with van der Waals surface area (Å²) in [7, 11) is 1.41. The molecule has 0 saturated heterocycles. The van der Waals surface area contributed by atoms with Crippen LogP contribution in [0.5, 0.6) is 17.2 Å². The third-order valence-corrected chi connectivity index (χ3v) is 3.78. The Morgan fingerprint density at radius 1 is 1.03 bits per heavy atom. The van der Waals surface area contributed by atoms with Gasteiger partial charge in [-0.1, -0.05) is 6.07 Å². The van der Waals surface area contributed by atoms with E-state index in [4.69, 9.17) is 14.2 Å². The molecule has 0 spiro atoms. The average Bonchev–Trinajstić information content (AvgIpc) is 2.69. The zero-order chi connectivity index (χ0) is 21.4. The standard InChI is InChI=1S/C20H20F3NO5/c1-13(25)14-6-7-17(18(10-14)27-2)29-12-19(26)24-8-9-28-16-5-3-4-15(11-16)20(21,22)23/h3-7,10-11H,8-9,12H2,1-2H3,(H,24,26). The number of carbonyl (C=O) groups is 2. The predicted octanol–water partition coefficient (Wildman–Crippen LogP) is 3.49. The fourth-order valence-corrected chi connectivity index (χ4v) is 2.32. The fraction of sp³-hybridized carbons (Fsp3) is 0.300. The summed E-state index contributed by atoms with van der Waals surface area (Å²) in [5.41, 5.74) is -0.359. The molecule has 1 amide bonds. The molecule has 0 fully saturated rings. The summed E-state index contributed by atoms with van der Waals surface area (Å²) in [6.45, 7) is 1.19. The number of ketones is 1. The number of benzene rings is 2.